The van der Waals surface area contributed by atoms with Gasteiger partial charge in [0.05, 0.1) is 22.7 Å². The first-order valence-corrected chi connectivity index (χ1v) is 23.2. The molecule has 0 spiro atoms. The quantitative estimate of drug-likeness (QED) is 0.161. The summed E-state index contributed by atoms with van der Waals surface area (Å²) < 4.78 is 13.0. The maximum absolute atomic E-state index is 6.52. The van der Waals surface area contributed by atoms with Crippen LogP contribution in [0, 0.1) is 0 Å². The molecule has 0 unspecified atom stereocenters. The van der Waals surface area contributed by atoms with Gasteiger partial charge in [0.1, 0.15) is 0 Å². The minimum Gasteiger partial charge on any atom is -0.453 e. The van der Waals surface area contributed by atoms with Crippen molar-refractivity contribution in [1.29, 1.82) is 0 Å². The maximum atomic E-state index is 6.52. The van der Waals surface area contributed by atoms with E-state index in [2.05, 4.69) is 228 Å². The molecule has 0 saturated heterocycles. The van der Waals surface area contributed by atoms with Gasteiger partial charge < -0.3 is 19.3 Å². The second-order valence-corrected chi connectivity index (χ2v) is 17.6. The molecular weight excluding hydrogens is 829 g/mol. The van der Waals surface area contributed by atoms with Crippen molar-refractivity contribution >= 4 is 77.2 Å². The number of anilines is 6. The van der Waals surface area contributed by atoms with Crippen molar-refractivity contribution in [3.05, 3.63) is 243 Å². The number of rotatable bonds is 5. The highest BCUT2D eigenvalue weighted by Gasteiger charge is 2.29. The summed E-state index contributed by atoms with van der Waals surface area (Å²) in [4.78, 5) is 4.70. The van der Waals surface area contributed by atoms with E-state index in [4.69, 9.17) is 9.47 Å². The summed E-state index contributed by atoms with van der Waals surface area (Å²) in [5.74, 6) is 3.29. The van der Waals surface area contributed by atoms with Gasteiger partial charge in [-0.1, -0.05) is 164 Å². The normalized spacial score (nSPS) is 12.6. The van der Waals surface area contributed by atoms with Crippen LogP contribution in [0.1, 0.15) is 0 Å². The van der Waals surface area contributed by atoms with E-state index in [9.17, 15) is 0 Å². The zero-order valence-electron chi connectivity index (χ0n) is 36.8. The van der Waals surface area contributed by atoms with Crippen LogP contribution in [0.4, 0.5) is 34.1 Å². The minimum absolute atomic E-state index is 0.822. The Bertz CT molecular complexity index is 3920. The first-order chi connectivity index (χ1) is 33.7. The van der Waals surface area contributed by atoms with Crippen LogP contribution in [0.5, 0.6) is 23.0 Å². The third kappa shape index (κ3) is 5.94. The summed E-state index contributed by atoms with van der Waals surface area (Å²) in [6.45, 7) is 0. The molecule has 0 bridgehead atoms. The lowest BCUT2D eigenvalue weighted by atomic mass is 9.83. The predicted octanol–water partition coefficient (Wildman–Crippen LogP) is 18.5. The van der Waals surface area contributed by atoms with Crippen LogP contribution in [-0.2, 0) is 0 Å². The molecule has 0 amide bonds. The van der Waals surface area contributed by atoms with Crippen LogP contribution in [-0.4, -0.2) is 0 Å². The number of hydrogen-bond acceptors (Lipinski definition) is 4. The van der Waals surface area contributed by atoms with Gasteiger partial charge in [-0.25, -0.2) is 0 Å². The Hall–Kier alpha value is -9.12. The fourth-order valence-electron chi connectivity index (χ4n) is 10.8. The van der Waals surface area contributed by atoms with Crippen molar-refractivity contribution in [2.45, 2.75) is 0 Å². The summed E-state index contributed by atoms with van der Waals surface area (Å²) in [7, 11) is 0. The summed E-state index contributed by atoms with van der Waals surface area (Å²) in [5, 5.41) is 9.50. The molecule has 4 nitrogen and oxygen atoms in total. The van der Waals surface area contributed by atoms with Gasteiger partial charge in [-0.3, -0.25) is 0 Å². The van der Waals surface area contributed by atoms with Gasteiger partial charge in [-0.05, 0) is 155 Å². The number of nitrogens with zero attached hydrogens (tertiary/aromatic N) is 2. The Morgan fingerprint density at radius 3 is 1.19 bits per heavy atom. The largest absolute Gasteiger partial charge is 0.453 e. The average Bonchev–Trinajstić information content (AvgIpc) is 3.40. The Kier molecular flexibility index (Phi) is 8.55. The first kappa shape index (κ1) is 38.2. The topological polar surface area (TPSA) is 24.9 Å². The van der Waals surface area contributed by atoms with E-state index >= 15 is 0 Å². The number of ether oxygens (including phenoxy) is 2. The number of fused-ring (bicyclic) bond motifs is 8. The molecule has 0 aliphatic carbocycles. The van der Waals surface area contributed by atoms with Gasteiger partial charge in [-0.15, -0.1) is 0 Å². The van der Waals surface area contributed by atoms with Crippen LogP contribution in [0.15, 0.2) is 243 Å². The Balaban J connectivity index is 1.11. The molecule has 0 radical (unpaired) electrons. The molecule has 0 N–H and O–H groups in total. The predicted molar refractivity (Wildman–Crippen MR) is 282 cm³/mol. The van der Waals surface area contributed by atoms with Gasteiger partial charge in [-0.2, -0.15) is 0 Å². The van der Waals surface area contributed by atoms with Gasteiger partial charge in [0.15, 0.2) is 23.0 Å². The maximum Gasteiger partial charge on any atom is 0.151 e. The monoisotopic (exact) mass is 868 g/mol. The van der Waals surface area contributed by atoms with E-state index in [0.717, 1.165) is 84.2 Å². The van der Waals surface area contributed by atoms with E-state index in [0.29, 0.717) is 0 Å². The van der Waals surface area contributed by atoms with Crippen LogP contribution >= 0.6 is 0 Å². The first-order valence-electron chi connectivity index (χ1n) is 23.2. The van der Waals surface area contributed by atoms with Crippen molar-refractivity contribution in [2.75, 3.05) is 9.80 Å². The molecule has 68 heavy (non-hydrogen) atoms. The summed E-state index contributed by atoms with van der Waals surface area (Å²) in [5.41, 5.74) is 13.2. The molecule has 14 rings (SSSR count). The van der Waals surface area contributed by atoms with Crippen LogP contribution in [0.25, 0.3) is 76.5 Å². The SMILES string of the molecule is c1cc(-c2cccc3ccccc23)cc(-c2c3cc(N4c5ccccc5Oc5ccccc54)ccc3c(-c3cccc4ccccc34)c3cc(N4c5ccccc5Oc5ccccc54)ccc23)c1. The van der Waals surface area contributed by atoms with Gasteiger partial charge in [0.25, 0.3) is 0 Å². The zero-order valence-corrected chi connectivity index (χ0v) is 36.8. The molecule has 2 aliphatic rings. The van der Waals surface area contributed by atoms with Crippen molar-refractivity contribution in [3.63, 3.8) is 0 Å². The fraction of sp³-hybridized carbons (Fsp3) is 0. The molecule has 0 fully saturated rings. The molecule has 2 aliphatic heterocycles. The average molecular weight is 869 g/mol. The third-order valence-corrected chi connectivity index (χ3v) is 13.8. The van der Waals surface area contributed by atoms with Crippen LogP contribution in [0.2, 0.25) is 0 Å². The molecule has 2 heterocycles. The van der Waals surface area contributed by atoms with Crippen molar-refractivity contribution in [3.8, 4) is 56.4 Å². The summed E-state index contributed by atoms with van der Waals surface area (Å²) in [6, 6.07) is 87.3. The van der Waals surface area contributed by atoms with E-state index in [1.54, 1.807) is 0 Å². The Labute approximate surface area is 393 Å². The van der Waals surface area contributed by atoms with Crippen LogP contribution < -0.4 is 19.3 Å². The fourth-order valence-corrected chi connectivity index (χ4v) is 10.8. The number of benzene rings is 12. The lowest BCUT2D eigenvalue weighted by Crippen LogP contribution is -2.16. The van der Waals surface area contributed by atoms with E-state index in [1.165, 1.54) is 49.4 Å². The Morgan fingerprint density at radius 2 is 0.647 bits per heavy atom. The molecular formula is C64H40N2O2. The highest BCUT2D eigenvalue weighted by Crippen LogP contribution is 2.55. The third-order valence-electron chi connectivity index (χ3n) is 13.8. The van der Waals surface area contributed by atoms with E-state index < -0.39 is 0 Å². The van der Waals surface area contributed by atoms with Gasteiger partial charge >= 0.3 is 0 Å². The lowest BCUT2D eigenvalue weighted by molar-refractivity contribution is 0.477. The van der Waals surface area contributed by atoms with E-state index in [1.807, 2.05) is 24.3 Å². The zero-order chi connectivity index (χ0) is 44.7. The van der Waals surface area contributed by atoms with Gasteiger partial charge in [0.2, 0.25) is 0 Å². The summed E-state index contributed by atoms with van der Waals surface area (Å²) >= 11 is 0. The number of hydrogen-bond donors (Lipinski definition) is 0. The van der Waals surface area contributed by atoms with E-state index in [-0.39, 0.29) is 0 Å². The molecule has 4 heteroatoms. The summed E-state index contributed by atoms with van der Waals surface area (Å²) in [6.07, 6.45) is 0. The minimum atomic E-state index is 0.822. The molecule has 12 aromatic rings. The lowest BCUT2D eigenvalue weighted by Gasteiger charge is -2.33. The highest BCUT2D eigenvalue weighted by molar-refractivity contribution is 6.25. The highest BCUT2D eigenvalue weighted by atomic mass is 16.5. The van der Waals surface area contributed by atoms with Crippen molar-refractivity contribution in [2.24, 2.45) is 0 Å². The smallest absolute Gasteiger partial charge is 0.151 e. The van der Waals surface area contributed by atoms with Crippen molar-refractivity contribution < 1.29 is 9.47 Å². The second-order valence-electron chi connectivity index (χ2n) is 17.6. The second kappa shape index (κ2) is 15.2. The van der Waals surface area contributed by atoms with Crippen LogP contribution in [0.3, 0.4) is 0 Å². The molecule has 0 aromatic heterocycles. The standard InChI is InChI=1S/C64H40N2O2/c1-3-22-47-41(16-1)18-14-24-49(47)43-20-13-21-44(38-43)63-51-36-34-46(66-57-28-7-11-32-61(57)68-62-33-12-8-29-58(62)66)40-54(51)64(50-25-15-19-42-17-2-4-23-48(42)50)52-37-35-45(39-53(52)63)65-55-26-5-9-30-59(55)67-60-31-10-6-27-56(60)65/h1-40H. The number of para-hydroxylation sites is 8. The molecule has 0 atom stereocenters. The molecule has 12 aromatic carbocycles. The Morgan fingerprint density at radius 1 is 0.250 bits per heavy atom. The molecule has 318 valence electrons. The van der Waals surface area contributed by atoms with Crippen molar-refractivity contribution in [1.82, 2.24) is 0 Å². The van der Waals surface area contributed by atoms with Gasteiger partial charge in [0, 0.05) is 11.4 Å². The molecule has 0 saturated carbocycles.